The van der Waals surface area contributed by atoms with Crippen LogP contribution in [-0.2, 0) is 10.0 Å². The highest BCUT2D eigenvalue weighted by Gasteiger charge is 2.25. The van der Waals surface area contributed by atoms with Crippen molar-refractivity contribution in [1.82, 2.24) is 4.72 Å². The first-order valence-corrected chi connectivity index (χ1v) is 7.73. The van der Waals surface area contributed by atoms with Crippen molar-refractivity contribution in [2.24, 2.45) is 11.1 Å². The van der Waals surface area contributed by atoms with E-state index in [1.807, 2.05) is 20.8 Å². The number of halogens is 2. The highest BCUT2D eigenvalue weighted by molar-refractivity contribution is 7.89. The first-order chi connectivity index (χ1) is 9.57. The van der Waals surface area contributed by atoms with Gasteiger partial charge in [-0.15, -0.1) is 0 Å². The zero-order valence-electron chi connectivity index (χ0n) is 12.1. The Bertz CT molecular complexity index is 683. The molecule has 116 valence electrons. The largest absolute Gasteiger partial charge is 0.320 e. The smallest absolute Gasteiger partial charge is 0.244 e. The van der Waals surface area contributed by atoms with Crippen LogP contribution in [0.3, 0.4) is 0 Å². The molecule has 21 heavy (non-hydrogen) atoms. The van der Waals surface area contributed by atoms with E-state index in [2.05, 4.69) is 16.6 Å². The minimum absolute atomic E-state index is 0.0486. The number of sulfonamides is 1. The van der Waals surface area contributed by atoms with Crippen LogP contribution in [0.25, 0.3) is 0 Å². The van der Waals surface area contributed by atoms with Gasteiger partial charge in [0.25, 0.3) is 0 Å². The third kappa shape index (κ3) is 5.08. The number of nitrogens with two attached hydrogens (primary N) is 1. The molecule has 0 aliphatic heterocycles. The van der Waals surface area contributed by atoms with Crippen molar-refractivity contribution in [2.45, 2.75) is 25.7 Å². The summed E-state index contributed by atoms with van der Waals surface area (Å²) in [6.45, 7) is 5.53. The van der Waals surface area contributed by atoms with Gasteiger partial charge < -0.3 is 5.73 Å². The Labute approximate surface area is 123 Å². The fourth-order valence-corrected chi connectivity index (χ4v) is 2.94. The van der Waals surface area contributed by atoms with Crippen LogP contribution in [0, 0.1) is 28.9 Å². The van der Waals surface area contributed by atoms with E-state index >= 15 is 0 Å². The lowest BCUT2D eigenvalue weighted by Gasteiger charge is -2.19. The van der Waals surface area contributed by atoms with Gasteiger partial charge in [0.15, 0.2) is 0 Å². The summed E-state index contributed by atoms with van der Waals surface area (Å²) < 4.78 is 53.9. The number of hydrogen-bond acceptors (Lipinski definition) is 3. The minimum Gasteiger partial charge on any atom is -0.320 e. The first kappa shape index (κ1) is 17.6. The quantitative estimate of drug-likeness (QED) is 0.832. The van der Waals surface area contributed by atoms with Gasteiger partial charge in [0.2, 0.25) is 10.0 Å². The Kier molecular flexibility index (Phi) is 5.45. The summed E-state index contributed by atoms with van der Waals surface area (Å²) in [7, 11) is -4.14. The molecule has 0 saturated heterocycles. The van der Waals surface area contributed by atoms with E-state index in [1.54, 1.807) is 0 Å². The van der Waals surface area contributed by atoms with Crippen LogP contribution < -0.4 is 10.5 Å². The molecule has 0 aromatic heterocycles. The Morgan fingerprint density at radius 3 is 2.43 bits per heavy atom. The van der Waals surface area contributed by atoms with Crippen molar-refractivity contribution in [3.63, 3.8) is 0 Å². The summed E-state index contributed by atoms with van der Waals surface area (Å²) in [6.07, 6.45) is 0. The molecule has 0 fully saturated rings. The fraction of sp³-hybridized carbons (Fsp3) is 0.429. The SMILES string of the molecule is CC(C)(C)CNS(=O)(=O)c1c(F)cc(F)cc1C#CCN. The first-order valence-electron chi connectivity index (χ1n) is 6.24. The van der Waals surface area contributed by atoms with Crippen LogP contribution in [0.4, 0.5) is 8.78 Å². The maximum Gasteiger partial charge on any atom is 0.244 e. The molecule has 1 rings (SSSR count). The summed E-state index contributed by atoms with van der Waals surface area (Å²) in [5, 5.41) is 0. The second-order valence-corrected chi connectivity index (χ2v) is 7.36. The number of nitrogens with one attached hydrogen (secondary N) is 1. The van der Waals surface area contributed by atoms with E-state index in [0.717, 1.165) is 6.07 Å². The molecule has 0 radical (unpaired) electrons. The molecule has 3 N–H and O–H groups in total. The maximum absolute atomic E-state index is 13.9. The molecule has 0 amide bonds. The summed E-state index contributed by atoms with van der Waals surface area (Å²) in [6, 6.07) is 1.39. The lowest BCUT2D eigenvalue weighted by Crippen LogP contribution is -2.33. The Morgan fingerprint density at radius 1 is 1.29 bits per heavy atom. The Hall–Kier alpha value is -1.49. The van der Waals surface area contributed by atoms with Crippen LogP contribution >= 0.6 is 0 Å². The molecule has 0 aliphatic rings. The average Bonchev–Trinajstić information content (AvgIpc) is 2.32. The fourth-order valence-electron chi connectivity index (χ4n) is 1.46. The maximum atomic E-state index is 13.9. The van der Waals surface area contributed by atoms with Gasteiger partial charge in [0.1, 0.15) is 16.5 Å². The zero-order chi connectivity index (χ0) is 16.3. The molecular weight excluding hydrogens is 298 g/mol. The zero-order valence-corrected chi connectivity index (χ0v) is 12.9. The van der Waals surface area contributed by atoms with E-state index in [9.17, 15) is 17.2 Å². The third-order valence-corrected chi connectivity index (χ3v) is 3.87. The number of hydrogen-bond donors (Lipinski definition) is 2. The Balaban J connectivity index is 3.34. The molecular formula is C14H18F2N2O2S. The van der Waals surface area contributed by atoms with E-state index in [1.165, 1.54) is 0 Å². The summed E-state index contributed by atoms with van der Waals surface area (Å²) >= 11 is 0. The molecule has 0 saturated carbocycles. The predicted octanol–water partition coefficient (Wildman–Crippen LogP) is 1.60. The highest BCUT2D eigenvalue weighted by Crippen LogP contribution is 2.22. The highest BCUT2D eigenvalue weighted by atomic mass is 32.2. The molecule has 0 spiro atoms. The van der Waals surface area contributed by atoms with Crippen molar-refractivity contribution in [3.8, 4) is 11.8 Å². The second-order valence-electron chi connectivity index (χ2n) is 5.66. The van der Waals surface area contributed by atoms with Gasteiger partial charge in [-0.2, -0.15) is 0 Å². The van der Waals surface area contributed by atoms with Gasteiger partial charge in [-0.3, -0.25) is 0 Å². The molecule has 0 bridgehead atoms. The van der Waals surface area contributed by atoms with Crippen LogP contribution in [-0.4, -0.2) is 21.5 Å². The van der Waals surface area contributed by atoms with Gasteiger partial charge in [0, 0.05) is 12.6 Å². The average molecular weight is 316 g/mol. The van der Waals surface area contributed by atoms with Crippen LogP contribution in [0.5, 0.6) is 0 Å². The minimum atomic E-state index is -4.14. The Morgan fingerprint density at radius 2 is 1.90 bits per heavy atom. The van der Waals surface area contributed by atoms with E-state index in [0.29, 0.717) is 6.07 Å². The van der Waals surface area contributed by atoms with Crippen molar-refractivity contribution >= 4 is 10.0 Å². The van der Waals surface area contributed by atoms with Crippen molar-refractivity contribution in [1.29, 1.82) is 0 Å². The topological polar surface area (TPSA) is 72.2 Å². The standard InChI is InChI=1S/C14H18F2N2O2S/c1-14(2,3)9-18-21(19,20)13-10(5-4-6-17)7-11(15)8-12(13)16/h7-8,18H,6,9,17H2,1-3H3. The van der Waals surface area contributed by atoms with Gasteiger partial charge >= 0.3 is 0 Å². The lowest BCUT2D eigenvalue weighted by atomic mass is 9.98. The predicted molar refractivity (Wildman–Crippen MR) is 76.9 cm³/mol. The van der Waals surface area contributed by atoms with Crippen molar-refractivity contribution in [2.75, 3.05) is 13.1 Å². The number of rotatable bonds is 3. The lowest BCUT2D eigenvalue weighted by molar-refractivity contribution is 0.407. The molecule has 7 heteroatoms. The summed E-state index contributed by atoms with van der Waals surface area (Å²) in [4.78, 5) is -0.658. The molecule has 0 atom stereocenters. The van der Waals surface area contributed by atoms with E-state index in [-0.39, 0.29) is 24.1 Å². The van der Waals surface area contributed by atoms with Gasteiger partial charge in [0.05, 0.1) is 12.1 Å². The van der Waals surface area contributed by atoms with Crippen molar-refractivity contribution < 1.29 is 17.2 Å². The summed E-state index contributed by atoms with van der Waals surface area (Å²) in [5.74, 6) is 2.70. The molecule has 0 unspecified atom stereocenters. The monoisotopic (exact) mass is 316 g/mol. The molecule has 1 aromatic rings. The number of benzene rings is 1. The summed E-state index contributed by atoms with van der Waals surface area (Å²) in [5.41, 5.74) is 4.62. The van der Waals surface area contributed by atoms with Gasteiger partial charge in [-0.1, -0.05) is 32.6 Å². The molecule has 1 aromatic carbocycles. The molecule has 0 heterocycles. The third-order valence-electron chi connectivity index (χ3n) is 2.39. The molecule has 4 nitrogen and oxygen atoms in total. The van der Waals surface area contributed by atoms with Gasteiger partial charge in [-0.25, -0.2) is 21.9 Å². The van der Waals surface area contributed by atoms with Gasteiger partial charge in [-0.05, 0) is 11.5 Å². The van der Waals surface area contributed by atoms with E-state index in [4.69, 9.17) is 5.73 Å². The normalized spacial score (nSPS) is 11.9. The van der Waals surface area contributed by atoms with Crippen LogP contribution in [0.2, 0.25) is 0 Å². The van der Waals surface area contributed by atoms with Crippen LogP contribution in [0.1, 0.15) is 26.3 Å². The molecule has 0 aliphatic carbocycles. The van der Waals surface area contributed by atoms with Crippen molar-refractivity contribution in [3.05, 3.63) is 29.3 Å². The van der Waals surface area contributed by atoms with E-state index < -0.39 is 26.6 Å². The second kappa shape index (κ2) is 6.52. The van der Waals surface area contributed by atoms with Crippen LogP contribution in [0.15, 0.2) is 17.0 Å².